The molecule has 4 unspecified atom stereocenters. The summed E-state index contributed by atoms with van der Waals surface area (Å²) < 4.78 is 69.0. The highest BCUT2D eigenvalue weighted by atomic mass is 31.2. The van der Waals surface area contributed by atoms with Gasteiger partial charge in [0.25, 0.3) is 0 Å². The van der Waals surface area contributed by atoms with E-state index in [4.69, 9.17) is 37.0 Å². The highest BCUT2D eigenvalue weighted by Crippen LogP contribution is 2.45. The minimum Gasteiger partial charge on any atom is -0.462 e. The van der Waals surface area contributed by atoms with Crippen molar-refractivity contribution >= 4 is 39.5 Å². The van der Waals surface area contributed by atoms with Gasteiger partial charge in [-0.3, -0.25) is 37.3 Å². The van der Waals surface area contributed by atoms with Crippen molar-refractivity contribution < 1.29 is 80.2 Å². The van der Waals surface area contributed by atoms with Crippen LogP contribution in [-0.4, -0.2) is 96.7 Å². The third-order valence-electron chi connectivity index (χ3n) is 21.4. The number of unbranched alkanes of at least 4 members (excludes halogenated alkanes) is 52. The molecule has 0 aliphatic rings. The zero-order valence-electron chi connectivity index (χ0n) is 70.6. The van der Waals surface area contributed by atoms with Gasteiger partial charge in [-0.25, -0.2) is 9.13 Å². The number of hydrogen-bond acceptors (Lipinski definition) is 15. The maximum atomic E-state index is 13.2. The first-order chi connectivity index (χ1) is 51.8. The van der Waals surface area contributed by atoms with E-state index in [1.54, 1.807) is 0 Å². The van der Waals surface area contributed by atoms with Gasteiger partial charge >= 0.3 is 39.5 Å². The highest BCUT2D eigenvalue weighted by molar-refractivity contribution is 7.47. The largest absolute Gasteiger partial charge is 0.472 e. The van der Waals surface area contributed by atoms with Gasteiger partial charge in [-0.05, 0) is 43.4 Å². The second-order valence-corrected chi connectivity index (χ2v) is 35.5. The van der Waals surface area contributed by atoms with Gasteiger partial charge in [-0.2, -0.15) is 0 Å². The maximum absolute atomic E-state index is 13.2. The van der Waals surface area contributed by atoms with Crippen LogP contribution in [0.15, 0.2) is 0 Å². The van der Waals surface area contributed by atoms with Crippen molar-refractivity contribution in [2.24, 2.45) is 17.8 Å². The molecule has 7 atom stereocenters. The average Bonchev–Trinajstić information content (AvgIpc) is 0.902. The monoisotopic (exact) mass is 1560 g/mol. The number of hydrogen-bond donors (Lipinski definition) is 3. The van der Waals surface area contributed by atoms with Crippen LogP contribution in [-0.2, 0) is 65.4 Å². The molecule has 0 saturated carbocycles. The summed E-state index contributed by atoms with van der Waals surface area (Å²) in [5.74, 6) is 0.311. The summed E-state index contributed by atoms with van der Waals surface area (Å²) in [5.41, 5.74) is 0. The van der Waals surface area contributed by atoms with Gasteiger partial charge in [0.1, 0.15) is 19.3 Å². The number of aliphatic hydroxyl groups excluding tert-OH is 1. The lowest BCUT2D eigenvalue weighted by molar-refractivity contribution is -0.161. The minimum absolute atomic E-state index is 0.107. The SMILES string of the molecule is CCCCCCCCCCCCCCCCCCCCCCCC(=O)O[C@H](COC(=O)CCCCCCCCCCCCCCCCC(C)CC)COP(=O)(O)OC[C@@H](O)COP(=O)(O)OC[C@@H](COC(=O)CCCCCCCCCCC(C)CC)OC(=O)CCCCCCCCCCCCCCCC(C)C. The molecule has 0 aliphatic heterocycles. The summed E-state index contributed by atoms with van der Waals surface area (Å²) in [6.45, 7) is 12.1. The van der Waals surface area contributed by atoms with E-state index in [1.807, 2.05) is 0 Å². The van der Waals surface area contributed by atoms with Gasteiger partial charge in [0.15, 0.2) is 12.2 Å². The molecule has 0 fully saturated rings. The van der Waals surface area contributed by atoms with E-state index in [1.165, 1.54) is 276 Å². The standard InChI is InChI=1S/C88H172O17P2/c1-8-11-12-13-14-15-16-17-18-19-20-21-22-23-24-31-36-41-50-57-64-71-87(92)104-83(75-98-85(90)69-62-55-48-40-35-30-26-25-29-34-39-46-53-60-67-80(6)9-2)77-102-106(94,95)100-73-82(89)74-101-107(96,97)103-78-84(76-99-86(91)70-63-56-49-44-43-47-54-61-68-81(7)10-3)105-88(93)72-65-58-51-42-37-32-27-28-33-38-45-52-59-66-79(4)5/h79-84,89H,8-78H2,1-7H3,(H,94,95)(H,96,97)/t80?,81?,82-,83-,84-/m1/s1. The lowest BCUT2D eigenvalue weighted by Gasteiger charge is -2.21. The Hall–Kier alpha value is -1.94. The third-order valence-corrected chi connectivity index (χ3v) is 23.3. The van der Waals surface area contributed by atoms with Crippen LogP contribution in [0.3, 0.4) is 0 Å². The zero-order valence-corrected chi connectivity index (χ0v) is 72.4. The number of carbonyl (C=O) groups excluding carboxylic acids is 4. The van der Waals surface area contributed by atoms with Crippen LogP contribution in [0.5, 0.6) is 0 Å². The van der Waals surface area contributed by atoms with Crippen molar-refractivity contribution in [1.29, 1.82) is 0 Å². The maximum Gasteiger partial charge on any atom is 0.472 e. The lowest BCUT2D eigenvalue weighted by Crippen LogP contribution is -2.30. The van der Waals surface area contributed by atoms with E-state index in [9.17, 15) is 43.2 Å². The Morgan fingerprint density at radius 2 is 0.477 bits per heavy atom. The molecule has 0 rings (SSSR count). The van der Waals surface area contributed by atoms with Gasteiger partial charge in [0, 0.05) is 25.7 Å². The van der Waals surface area contributed by atoms with Crippen molar-refractivity contribution in [1.82, 2.24) is 0 Å². The minimum atomic E-state index is -4.97. The van der Waals surface area contributed by atoms with E-state index in [-0.39, 0.29) is 25.7 Å². The van der Waals surface area contributed by atoms with Crippen molar-refractivity contribution in [2.75, 3.05) is 39.6 Å². The zero-order chi connectivity index (χ0) is 78.6. The van der Waals surface area contributed by atoms with Crippen LogP contribution >= 0.6 is 15.6 Å². The van der Waals surface area contributed by atoms with Gasteiger partial charge in [0.2, 0.25) is 0 Å². The Morgan fingerprint density at radius 3 is 0.710 bits per heavy atom. The quantitative estimate of drug-likeness (QED) is 0.0222. The first-order valence-electron chi connectivity index (χ1n) is 45.4. The van der Waals surface area contributed by atoms with Crippen molar-refractivity contribution in [2.45, 2.75) is 484 Å². The Morgan fingerprint density at radius 1 is 0.271 bits per heavy atom. The van der Waals surface area contributed by atoms with E-state index in [2.05, 4.69) is 48.5 Å². The number of phosphoric ester groups is 2. The van der Waals surface area contributed by atoms with E-state index in [0.29, 0.717) is 25.7 Å². The van der Waals surface area contributed by atoms with Crippen LogP contribution in [0, 0.1) is 17.8 Å². The molecule has 0 amide bonds. The molecule has 0 aromatic rings. The first kappa shape index (κ1) is 105. The molecule has 17 nitrogen and oxygen atoms in total. The molecule has 0 bridgehead atoms. The Kier molecular flexibility index (Phi) is 76.6. The molecule has 19 heteroatoms. The Bertz CT molecular complexity index is 2060. The molecule has 3 N–H and O–H groups in total. The summed E-state index contributed by atoms with van der Waals surface area (Å²) in [4.78, 5) is 73.3. The summed E-state index contributed by atoms with van der Waals surface area (Å²) in [7, 11) is -9.93. The fraction of sp³-hybridized carbons (Fsp3) is 0.955. The molecule has 0 heterocycles. The summed E-state index contributed by atoms with van der Waals surface area (Å²) in [6.07, 6.45) is 69.3. The van der Waals surface area contributed by atoms with Crippen LogP contribution in [0.4, 0.5) is 0 Å². The number of aliphatic hydroxyl groups is 1. The normalized spacial score (nSPS) is 14.3. The average molecular weight is 1560 g/mol. The van der Waals surface area contributed by atoms with Gasteiger partial charge in [-0.1, -0.05) is 414 Å². The van der Waals surface area contributed by atoms with Gasteiger partial charge < -0.3 is 33.8 Å². The van der Waals surface area contributed by atoms with Crippen LogP contribution in [0.1, 0.15) is 466 Å². The van der Waals surface area contributed by atoms with E-state index >= 15 is 0 Å². The third kappa shape index (κ3) is 79.1. The molecule has 107 heavy (non-hydrogen) atoms. The van der Waals surface area contributed by atoms with Crippen LogP contribution in [0.2, 0.25) is 0 Å². The molecular weight excluding hydrogens is 1390 g/mol. The van der Waals surface area contributed by atoms with Crippen LogP contribution < -0.4 is 0 Å². The predicted octanol–water partition coefficient (Wildman–Crippen LogP) is 26.9. The number of carbonyl (C=O) groups is 4. The van der Waals surface area contributed by atoms with Crippen molar-refractivity contribution in [3.05, 3.63) is 0 Å². The highest BCUT2D eigenvalue weighted by Gasteiger charge is 2.31. The summed E-state index contributed by atoms with van der Waals surface area (Å²) >= 11 is 0. The first-order valence-corrected chi connectivity index (χ1v) is 48.4. The van der Waals surface area contributed by atoms with Crippen LogP contribution in [0.25, 0.3) is 0 Å². The van der Waals surface area contributed by atoms with Gasteiger partial charge in [0.05, 0.1) is 26.4 Å². The molecule has 0 aromatic carbocycles. The molecule has 0 aliphatic carbocycles. The van der Waals surface area contributed by atoms with Gasteiger partial charge in [-0.15, -0.1) is 0 Å². The van der Waals surface area contributed by atoms with Crippen molar-refractivity contribution in [3.8, 4) is 0 Å². The Labute approximate surface area is 658 Å². The van der Waals surface area contributed by atoms with E-state index < -0.39 is 97.5 Å². The Balaban J connectivity index is 5.26. The number of ether oxygens (including phenoxy) is 4. The van der Waals surface area contributed by atoms with Crippen molar-refractivity contribution in [3.63, 3.8) is 0 Å². The fourth-order valence-electron chi connectivity index (χ4n) is 13.7. The predicted molar refractivity (Wildman–Crippen MR) is 441 cm³/mol. The molecule has 0 spiro atoms. The topological polar surface area (TPSA) is 237 Å². The second-order valence-electron chi connectivity index (χ2n) is 32.6. The number of phosphoric acid groups is 2. The fourth-order valence-corrected chi connectivity index (χ4v) is 15.2. The summed E-state index contributed by atoms with van der Waals surface area (Å²) in [5, 5.41) is 10.7. The second kappa shape index (κ2) is 78.0. The molecule has 0 saturated heterocycles. The summed E-state index contributed by atoms with van der Waals surface area (Å²) in [6, 6.07) is 0. The number of esters is 4. The molecule has 0 radical (unpaired) electrons. The molecule has 636 valence electrons. The lowest BCUT2D eigenvalue weighted by atomic mass is 9.99. The smallest absolute Gasteiger partial charge is 0.462 e. The number of rotatable bonds is 86. The molecular formula is C88H172O17P2. The van der Waals surface area contributed by atoms with E-state index in [0.717, 1.165) is 108 Å². The molecule has 0 aromatic heterocycles.